The van der Waals surface area contributed by atoms with E-state index in [2.05, 4.69) is 46.0 Å². The molecule has 1 aromatic carbocycles. The second-order valence-corrected chi connectivity index (χ2v) is 5.36. The number of benzene rings is 1. The van der Waals surface area contributed by atoms with Gasteiger partial charge in [-0.3, -0.25) is 0 Å². The first kappa shape index (κ1) is 13.4. The van der Waals surface area contributed by atoms with E-state index in [4.69, 9.17) is 4.74 Å². The fourth-order valence-corrected chi connectivity index (χ4v) is 2.98. The predicted molar refractivity (Wildman–Crippen MR) is 76.4 cm³/mol. The molecule has 2 heteroatoms. The molecule has 1 aliphatic rings. The molecule has 2 rings (SSSR count). The number of hydrogen-bond acceptors (Lipinski definition) is 2. The van der Waals surface area contributed by atoms with E-state index >= 15 is 0 Å². The van der Waals surface area contributed by atoms with Crippen LogP contribution in [0.25, 0.3) is 0 Å². The number of fused-ring (bicyclic) bond motifs is 1. The molecule has 0 aliphatic carbocycles. The van der Waals surface area contributed by atoms with Crippen LogP contribution in [0.1, 0.15) is 55.0 Å². The van der Waals surface area contributed by atoms with Crippen LogP contribution in [0.4, 0.5) is 0 Å². The first-order valence-corrected chi connectivity index (χ1v) is 7.10. The highest BCUT2D eigenvalue weighted by molar-refractivity contribution is 5.54. The SMILES string of the molecule is CCCC1Oc2c(C)c(C)cc(C)c2C1NCC. The lowest BCUT2D eigenvalue weighted by atomic mass is 9.93. The van der Waals surface area contributed by atoms with Gasteiger partial charge in [-0.15, -0.1) is 0 Å². The van der Waals surface area contributed by atoms with Crippen molar-refractivity contribution in [2.45, 2.75) is 59.6 Å². The highest BCUT2D eigenvalue weighted by Gasteiger charge is 2.35. The molecule has 0 aromatic heterocycles. The van der Waals surface area contributed by atoms with Crippen LogP contribution in [-0.4, -0.2) is 12.6 Å². The Hall–Kier alpha value is -1.02. The Balaban J connectivity index is 2.45. The van der Waals surface area contributed by atoms with Crippen molar-refractivity contribution in [2.24, 2.45) is 0 Å². The summed E-state index contributed by atoms with van der Waals surface area (Å²) in [6.45, 7) is 11.9. The third-order valence-electron chi connectivity index (χ3n) is 3.98. The van der Waals surface area contributed by atoms with Gasteiger partial charge in [-0.25, -0.2) is 0 Å². The standard InChI is InChI=1S/C16H25NO/c1-6-8-13-15(17-7-2)14-11(4)9-10(3)12(5)16(14)18-13/h9,13,15,17H,6-8H2,1-5H3. The molecule has 0 saturated carbocycles. The molecule has 1 aromatic rings. The molecule has 0 spiro atoms. The molecule has 100 valence electrons. The highest BCUT2D eigenvalue weighted by Crippen LogP contribution is 2.43. The zero-order valence-corrected chi connectivity index (χ0v) is 12.3. The van der Waals surface area contributed by atoms with Gasteiger partial charge in [0.15, 0.2) is 0 Å². The summed E-state index contributed by atoms with van der Waals surface area (Å²) in [5.41, 5.74) is 5.38. The molecule has 0 amide bonds. The molecular formula is C16H25NO. The topological polar surface area (TPSA) is 21.3 Å². The average molecular weight is 247 g/mol. The Morgan fingerprint density at radius 2 is 1.89 bits per heavy atom. The fourth-order valence-electron chi connectivity index (χ4n) is 2.98. The molecule has 0 saturated heterocycles. The van der Waals surface area contributed by atoms with Crippen LogP contribution in [0, 0.1) is 20.8 Å². The number of aryl methyl sites for hydroxylation is 2. The van der Waals surface area contributed by atoms with Gasteiger partial charge in [-0.1, -0.05) is 26.3 Å². The zero-order valence-electron chi connectivity index (χ0n) is 12.3. The monoisotopic (exact) mass is 247 g/mol. The number of hydrogen-bond donors (Lipinski definition) is 1. The van der Waals surface area contributed by atoms with Gasteiger partial charge in [0.2, 0.25) is 0 Å². The number of nitrogens with one attached hydrogen (secondary N) is 1. The zero-order chi connectivity index (χ0) is 13.3. The maximum Gasteiger partial charge on any atom is 0.128 e. The first-order chi connectivity index (χ1) is 8.60. The Morgan fingerprint density at radius 3 is 2.50 bits per heavy atom. The number of rotatable bonds is 4. The van der Waals surface area contributed by atoms with Gasteiger partial charge in [0.25, 0.3) is 0 Å². The molecule has 1 N–H and O–H groups in total. The van der Waals surface area contributed by atoms with Crippen molar-refractivity contribution < 1.29 is 4.74 Å². The maximum absolute atomic E-state index is 6.24. The van der Waals surface area contributed by atoms with Crippen LogP contribution in [-0.2, 0) is 0 Å². The molecule has 1 aliphatic heterocycles. The van der Waals surface area contributed by atoms with Crippen LogP contribution < -0.4 is 10.1 Å². The Morgan fingerprint density at radius 1 is 1.17 bits per heavy atom. The summed E-state index contributed by atoms with van der Waals surface area (Å²) in [4.78, 5) is 0. The van der Waals surface area contributed by atoms with Crippen molar-refractivity contribution in [2.75, 3.05) is 6.54 Å². The van der Waals surface area contributed by atoms with Gasteiger partial charge < -0.3 is 10.1 Å². The van der Waals surface area contributed by atoms with Gasteiger partial charge in [0.1, 0.15) is 11.9 Å². The summed E-state index contributed by atoms with van der Waals surface area (Å²) in [6, 6.07) is 2.65. The minimum Gasteiger partial charge on any atom is -0.488 e. The molecular weight excluding hydrogens is 222 g/mol. The second kappa shape index (κ2) is 5.31. The van der Waals surface area contributed by atoms with Crippen molar-refractivity contribution in [3.8, 4) is 5.75 Å². The van der Waals surface area contributed by atoms with Gasteiger partial charge in [-0.05, 0) is 50.4 Å². The smallest absolute Gasteiger partial charge is 0.128 e. The molecule has 1 heterocycles. The Bertz CT molecular complexity index is 439. The summed E-state index contributed by atoms with van der Waals surface area (Å²) < 4.78 is 6.24. The lowest BCUT2D eigenvalue weighted by Gasteiger charge is -2.19. The summed E-state index contributed by atoms with van der Waals surface area (Å²) >= 11 is 0. The van der Waals surface area contributed by atoms with Gasteiger partial charge in [0.05, 0.1) is 6.04 Å². The Kier molecular flexibility index (Phi) is 3.96. The van der Waals surface area contributed by atoms with E-state index in [0.29, 0.717) is 12.1 Å². The summed E-state index contributed by atoms with van der Waals surface area (Å²) in [5, 5.41) is 3.60. The summed E-state index contributed by atoms with van der Waals surface area (Å²) in [5.74, 6) is 1.14. The Labute approximate surface area is 111 Å². The van der Waals surface area contributed by atoms with Crippen LogP contribution in [0.5, 0.6) is 5.75 Å². The van der Waals surface area contributed by atoms with Gasteiger partial charge >= 0.3 is 0 Å². The van der Waals surface area contributed by atoms with Crippen molar-refractivity contribution in [1.29, 1.82) is 0 Å². The lowest BCUT2D eigenvalue weighted by Crippen LogP contribution is -2.31. The van der Waals surface area contributed by atoms with Crippen molar-refractivity contribution in [1.82, 2.24) is 5.32 Å². The highest BCUT2D eigenvalue weighted by atomic mass is 16.5. The molecule has 0 bridgehead atoms. The average Bonchev–Trinajstić information content (AvgIpc) is 2.67. The van der Waals surface area contributed by atoms with Crippen LogP contribution in [0.15, 0.2) is 6.07 Å². The van der Waals surface area contributed by atoms with Crippen LogP contribution in [0.3, 0.4) is 0 Å². The molecule has 2 atom stereocenters. The summed E-state index contributed by atoms with van der Waals surface area (Å²) in [7, 11) is 0. The van der Waals surface area contributed by atoms with E-state index in [-0.39, 0.29) is 0 Å². The van der Waals surface area contributed by atoms with Crippen LogP contribution in [0.2, 0.25) is 0 Å². The third-order valence-corrected chi connectivity index (χ3v) is 3.98. The van der Waals surface area contributed by atoms with Crippen molar-refractivity contribution in [3.05, 3.63) is 28.3 Å². The normalized spacial score (nSPS) is 21.8. The van der Waals surface area contributed by atoms with Gasteiger partial charge in [-0.2, -0.15) is 0 Å². The van der Waals surface area contributed by atoms with E-state index in [0.717, 1.165) is 25.1 Å². The largest absolute Gasteiger partial charge is 0.488 e. The summed E-state index contributed by atoms with van der Waals surface area (Å²) in [6.07, 6.45) is 2.58. The molecule has 0 fully saturated rings. The molecule has 2 unspecified atom stereocenters. The molecule has 18 heavy (non-hydrogen) atoms. The van der Waals surface area contributed by atoms with Crippen LogP contribution >= 0.6 is 0 Å². The molecule has 2 nitrogen and oxygen atoms in total. The lowest BCUT2D eigenvalue weighted by molar-refractivity contribution is 0.178. The predicted octanol–water partition coefficient (Wildman–Crippen LogP) is 3.82. The second-order valence-electron chi connectivity index (χ2n) is 5.36. The minimum atomic E-state index is 0.296. The fraction of sp³-hybridized carbons (Fsp3) is 0.625. The van der Waals surface area contributed by atoms with E-state index < -0.39 is 0 Å². The third kappa shape index (κ3) is 2.14. The van der Waals surface area contributed by atoms with E-state index in [1.807, 2.05) is 0 Å². The number of likely N-dealkylation sites (N-methyl/N-ethyl adjacent to an activating group) is 1. The first-order valence-electron chi connectivity index (χ1n) is 7.10. The van der Waals surface area contributed by atoms with E-state index in [1.165, 1.54) is 22.3 Å². The number of ether oxygens (including phenoxy) is 1. The quantitative estimate of drug-likeness (QED) is 0.873. The van der Waals surface area contributed by atoms with Gasteiger partial charge in [0, 0.05) is 5.56 Å². The van der Waals surface area contributed by atoms with Crippen molar-refractivity contribution >= 4 is 0 Å². The van der Waals surface area contributed by atoms with Crippen molar-refractivity contribution in [3.63, 3.8) is 0 Å². The van der Waals surface area contributed by atoms with E-state index in [1.54, 1.807) is 0 Å². The van der Waals surface area contributed by atoms with E-state index in [9.17, 15) is 0 Å². The maximum atomic E-state index is 6.24. The molecule has 0 radical (unpaired) electrons. The minimum absolute atomic E-state index is 0.296.